The Bertz CT molecular complexity index is 759. The molecule has 7 heteroatoms. The van der Waals surface area contributed by atoms with Crippen LogP contribution in [-0.4, -0.2) is 37.1 Å². The van der Waals surface area contributed by atoms with E-state index < -0.39 is 0 Å². The lowest BCUT2D eigenvalue weighted by Crippen LogP contribution is -2.34. The van der Waals surface area contributed by atoms with Gasteiger partial charge in [0, 0.05) is 13.5 Å². The highest BCUT2D eigenvalue weighted by molar-refractivity contribution is 7.80. The van der Waals surface area contributed by atoms with Crippen molar-refractivity contribution in [2.24, 2.45) is 5.10 Å². The maximum Gasteiger partial charge on any atom is 0.189 e. The van der Waals surface area contributed by atoms with Crippen LogP contribution >= 0.6 is 23.6 Å². The Kier molecular flexibility index (Phi) is 5.01. The summed E-state index contributed by atoms with van der Waals surface area (Å²) in [4.78, 5) is 1.17. The fourth-order valence-corrected chi connectivity index (χ4v) is 3.61. The molecule has 2 heterocycles. The summed E-state index contributed by atoms with van der Waals surface area (Å²) in [5, 5.41) is 12.3. The van der Waals surface area contributed by atoms with Crippen LogP contribution in [0.4, 0.5) is 0 Å². The molecule has 1 aliphatic rings. The van der Waals surface area contributed by atoms with Gasteiger partial charge in [-0.3, -0.25) is 0 Å². The van der Waals surface area contributed by atoms with Crippen molar-refractivity contribution in [1.82, 2.24) is 10.3 Å². The topological polar surface area (TPSA) is 46.1 Å². The van der Waals surface area contributed by atoms with Gasteiger partial charge >= 0.3 is 0 Å². The Balaban J connectivity index is 1.96. The molecule has 0 bridgehead atoms. The van der Waals surface area contributed by atoms with Gasteiger partial charge in [-0.05, 0) is 41.4 Å². The molecule has 5 nitrogen and oxygen atoms in total. The highest BCUT2D eigenvalue weighted by Crippen LogP contribution is 2.37. The van der Waals surface area contributed by atoms with Gasteiger partial charge in [-0.15, -0.1) is 11.3 Å². The minimum atomic E-state index is 0.0295. The molecular weight excluding hydrogens is 342 g/mol. The highest BCUT2D eigenvalue weighted by atomic mass is 32.1. The summed E-state index contributed by atoms with van der Waals surface area (Å²) in [6, 6.07) is 10.1. The Morgan fingerprint density at radius 1 is 1.29 bits per heavy atom. The first-order chi connectivity index (χ1) is 11.7. The number of nitrogens with one attached hydrogen (secondary N) is 1. The Labute approximate surface area is 150 Å². The van der Waals surface area contributed by atoms with E-state index in [4.69, 9.17) is 26.8 Å². The van der Waals surface area contributed by atoms with Crippen LogP contribution in [-0.2, 0) is 0 Å². The van der Waals surface area contributed by atoms with Gasteiger partial charge in [0.2, 0.25) is 0 Å². The van der Waals surface area contributed by atoms with Crippen LogP contribution < -0.4 is 14.8 Å². The predicted molar refractivity (Wildman–Crippen MR) is 101 cm³/mol. The average molecular weight is 361 g/mol. The Morgan fingerprint density at radius 3 is 2.71 bits per heavy atom. The number of benzene rings is 1. The van der Waals surface area contributed by atoms with Crippen molar-refractivity contribution >= 4 is 34.4 Å². The van der Waals surface area contributed by atoms with Gasteiger partial charge in [-0.1, -0.05) is 12.1 Å². The van der Waals surface area contributed by atoms with Gasteiger partial charge in [0.25, 0.3) is 0 Å². The molecule has 0 aliphatic carbocycles. The van der Waals surface area contributed by atoms with Crippen LogP contribution in [0.3, 0.4) is 0 Å². The van der Waals surface area contributed by atoms with E-state index >= 15 is 0 Å². The standard InChI is InChI=1S/C17H19N3O2S2/c1-18-17(23)20-13(10-12(19-20)16-5-4-8-24-16)11-6-7-14(21-2)15(9-11)22-3/h4-9,13H,10H2,1-3H3,(H,18,23). The first kappa shape index (κ1) is 16.7. The second-order valence-corrected chi connectivity index (χ2v) is 6.59. The molecule has 1 unspecified atom stereocenters. The third-order valence-electron chi connectivity index (χ3n) is 3.93. The SMILES string of the molecule is CNC(=S)N1N=C(c2cccs2)CC1c1ccc(OC)c(OC)c1. The lowest BCUT2D eigenvalue weighted by atomic mass is 10.0. The number of hydrogen-bond donors (Lipinski definition) is 1. The molecule has 0 saturated carbocycles. The maximum absolute atomic E-state index is 5.44. The van der Waals surface area contributed by atoms with E-state index in [0.717, 1.165) is 17.7 Å². The number of nitrogens with zero attached hydrogens (tertiary/aromatic N) is 2. The molecule has 1 aromatic carbocycles. The van der Waals surface area contributed by atoms with E-state index in [1.54, 1.807) is 25.6 Å². The van der Waals surface area contributed by atoms with Crippen molar-refractivity contribution < 1.29 is 9.47 Å². The van der Waals surface area contributed by atoms with Crippen molar-refractivity contribution in [3.05, 3.63) is 46.2 Å². The molecule has 1 N–H and O–H groups in total. The monoisotopic (exact) mass is 361 g/mol. The molecule has 24 heavy (non-hydrogen) atoms. The summed E-state index contributed by atoms with van der Waals surface area (Å²) < 4.78 is 10.8. The number of hydrogen-bond acceptors (Lipinski definition) is 5. The molecule has 1 aromatic heterocycles. The number of hydrazone groups is 1. The quantitative estimate of drug-likeness (QED) is 0.846. The van der Waals surface area contributed by atoms with Gasteiger partial charge in [-0.25, -0.2) is 5.01 Å². The first-order valence-electron chi connectivity index (χ1n) is 7.52. The molecule has 0 fully saturated rings. The lowest BCUT2D eigenvalue weighted by molar-refractivity contribution is 0.346. The van der Waals surface area contributed by atoms with Crippen LogP contribution in [0.25, 0.3) is 0 Å². The molecule has 2 aromatic rings. The van der Waals surface area contributed by atoms with Crippen LogP contribution in [0, 0.1) is 0 Å². The van der Waals surface area contributed by atoms with E-state index in [1.165, 1.54) is 4.88 Å². The van der Waals surface area contributed by atoms with Crippen molar-refractivity contribution in [2.45, 2.75) is 12.5 Å². The minimum absolute atomic E-state index is 0.0295. The number of methoxy groups -OCH3 is 2. The number of ether oxygens (including phenoxy) is 2. The van der Waals surface area contributed by atoms with Crippen molar-refractivity contribution in [3.8, 4) is 11.5 Å². The third kappa shape index (κ3) is 3.09. The molecule has 0 saturated heterocycles. The molecule has 126 valence electrons. The van der Waals surface area contributed by atoms with Crippen molar-refractivity contribution in [3.63, 3.8) is 0 Å². The molecule has 1 atom stereocenters. The van der Waals surface area contributed by atoms with E-state index in [-0.39, 0.29) is 6.04 Å². The van der Waals surface area contributed by atoms with Gasteiger partial charge in [0.15, 0.2) is 16.6 Å². The van der Waals surface area contributed by atoms with Crippen molar-refractivity contribution in [1.29, 1.82) is 0 Å². The van der Waals surface area contributed by atoms with Crippen LogP contribution in [0.2, 0.25) is 0 Å². The van der Waals surface area contributed by atoms with Gasteiger partial charge in [0.1, 0.15) is 0 Å². The number of rotatable bonds is 4. The number of thiocarbonyl (C=S) groups is 1. The summed E-state index contributed by atoms with van der Waals surface area (Å²) in [6.07, 6.45) is 0.790. The van der Waals surface area contributed by atoms with Crippen molar-refractivity contribution in [2.75, 3.05) is 21.3 Å². The maximum atomic E-state index is 5.44. The summed E-state index contributed by atoms with van der Waals surface area (Å²) in [5.74, 6) is 1.41. The lowest BCUT2D eigenvalue weighted by Gasteiger charge is -2.24. The third-order valence-corrected chi connectivity index (χ3v) is 5.24. The summed E-state index contributed by atoms with van der Waals surface area (Å²) in [7, 11) is 5.08. The van der Waals surface area contributed by atoms with Crippen LogP contribution in [0.15, 0.2) is 40.8 Å². The zero-order valence-electron chi connectivity index (χ0n) is 13.8. The fourth-order valence-electron chi connectivity index (χ4n) is 2.72. The smallest absolute Gasteiger partial charge is 0.189 e. The Hall–Kier alpha value is -2.12. The van der Waals surface area contributed by atoms with Gasteiger partial charge in [0.05, 0.1) is 30.9 Å². The second-order valence-electron chi connectivity index (χ2n) is 5.26. The van der Waals surface area contributed by atoms with E-state index in [0.29, 0.717) is 16.6 Å². The highest BCUT2D eigenvalue weighted by Gasteiger charge is 2.32. The summed E-state index contributed by atoms with van der Waals surface area (Å²) >= 11 is 7.13. The van der Waals surface area contributed by atoms with E-state index in [2.05, 4.69) is 16.8 Å². The van der Waals surface area contributed by atoms with Gasteiger partial charge < -0.3 is 14.8 Å². The normalized spacial score (nSPS) is 16.7. The largest absolute Gasteiger partial charge is 0.493 e. The fraction of sp³-hybridized carbons (Fsp3) is 0.294. The van der Waals surface area contributed by atoms with Gasteiger partial charge in [-0.2, -0.15) is 5.10 Å². The van der Waals surface area contributed by atoms with Crippen LogP contribution in [0.1, 0.15) is 22.9 Å². The Morgan fingerprint density at radius 2 is 2.08 bits per heavy atom. The number of thiophene rings is 1. The summed E-state index contributed by atoms with van der Waals surface area (Å²) in [5.41, 5.74) is 2.13. The predicted octanol–water partition coefficient (Wildman–Crippen LogP) is 3.42. The molecule has 3 rings (SSSR count). The zero-order valence-corrected chi connectivity index (χ0v) is 15.4. The molecular formula is C17H19N3O2S2. The van der Waals surface area contributed by atoms with E-state index in [1.807, 2.05) is 36.3 Å². The van der Waals surface area contributed by atoms with Crippen LogP contribution in [0.5, 0.6) is 11.5 Å². The molecule has 0 amide bonds. The average Bonchev–Trinajstić information content (AvgIpc) is 3.29. The minimum Gasteiger partial charge on any atom is -0.493 e. The molecule has 0 spiro atoms. The second kappa shape index (κ2) is 7.19. The van der Waals surface area contributed by atoms with E-state index in [9.17, 15) is 0 Å². The summed E-state index contributed by atoms with van der Waals surface area (Å²) in [6.45, 7) is 0. The first-order valence-corrected chi connectivity index (χ1v) is 8.81. The molecule has 1 aliphatic heterocycles. The molecule has 0 radical (unpaired) electrons. The zero-order chi connectivity index (χ0) is 17.1.